The van der Waals surface area contributed by atoms with Gasteiger partial charge in [0.25, 0.3) is 0 Å². The van der Waals surface area contributed by atoms with E-state index in [0.717, 1.165) is 15.0 Å². The van der Waals surface area contributed by atoms with Crippen molar-refractivity contribution in [3.63, 3.8) is 0 Å². The first-order chi connectivity index (χ1) is 6.66. The first kappa shape index (κ1) is 10.1. The second-order valence-corrected chi connectivity index (χ2v) is 5.24. The van der Waals surface area contributed by atoms with E-state index in [1.165, 1.54) is 16.9 Å². The normalized spacial score (nSPS) is 10.5. The number of halogens is 2. The fraction of sp³-hybridized carbons (Fsp3) is 0.111. The summed E-state index contributed by atoms with van der Waals surface area (Å²) in [5, 5.41) is 8.58. The largest absolute Gasteiger partial charge is 0.207 e. The number of benzene rings is 1. The molecule has 2 nitrogen and oxygen atoms in total. The van der Waals surface area contributed by atoms with E-state index >= 15 is 0 Å². The Hall–Kier alpha value is -0.450. The molecule has 0 aliphatic carbocycles. The second kappa shape index (κ2) is 3.96. The summed E-state index contributed by atoms with van der Waals surface area (Å²) >= 11 is 10.6. The van der Waals surface area contributed by atoms with Gasteiger partial charge in [-0.3, -0.25) is 0 Å². The zero-order chi connectivity index (χ0) is 10.1. The molecule has 14 heavy (non-hydrogen) atoms. The molecule has 5 heteroatoms. The zero-order valence-corrected chi connectivity index (χ0v) is 10.4. The van der Waals surface area contributed by atoms with Crippen molar-refractivity contribution >= 4 is 38.9 Å². The molecule has 0 saturated carbocycles. The van der Waals surface area contributed by atoms with Crippen LogP contribution in [-0.2, 0) is 0 Å². The van der Waals surface area contributed by atoms with E-state index in [4.69, 9.17) is 11.6 Å². The summed E-state index contributed by atoms with van der Waals surface area (Å²) in [6.07, 6.45) is 0. The van der Waals surface area contributed by atoms with Crippen molar-refractivity contribution in [2.75, 3.05) is 0 Å². The molecule has 0 unspecified atom stereocenters. The van der Waals surface area contributed by atoms with Crippen LogP contribution in [0, 0.1) is 6.92 Å². The van der Waals surface area contributed by atoms with Crippen LogP contribution in [0.3, 0.4) is 0 Å². The molecule has 1 heterocycles. The zero-order valence-electron chi connectivity index (χ0n) is 7.29. The molecule has 0 aliphatic rings. The van der Waals surface area contributed by atoms with Crippen molar-refractivity contribution < 1.29 is 0 Å². The van der Waals surface area contributed by atoms with Crippen molar-refractivity contribution in [2.24, 2.45) is 0 Å². The summed E-state index contributed by atoms with van der Waals surface area (Å²) in [6.45, 7) is 2.04. The van der Waals surface area contributed by atoms with Crippen LogP contribution >= 0.6 is 38.9 Å². The number of rotatable bonds is 1. The summed E-state index contributed by atoms with van der Waals surface area (Å²) in [6, 6.07) is 6.07. The first-order valence-corrected chi connectivity index (χ1v) is 5.91. The van der Waals surface area contributed by atoms with Crippen LogP contribution in [0.1, 0.15) is 5.56 Å². The Morgan fingerprint density at radius 1 is 1.36 bits per heavy atom. The molecular weight excluding hydrogens is 284 g/mol. The van der Waals surface area contributed by atoms with E-state index < -0.39 is 0 Å². The van der Waals surface area contributed by atoms with E-state index in [1.54, 1.807) is 0 Å². The fourth-order valence-corrected chi connectivity index (χ4v) is 2.25. The smallest absolute Gasteiger partial charge is 0.137 e. The minimum absolute atomic E-state index is 0.469. The van der Waals surface area contributed by atoms with E-state index in [1.807, 2.05) is 25.1 Å². The molecule has 0 atom stereocenters. The van der Waals surface area contributed by atoms with Gasteiger partial charge in [-0.05, 0) is 30.2 Å². The minimum atomic E-state index is 0.469. The number of nitrogens with zero attached hydrogens (tertiary/aromatic N) is 2. The maximum Gasteiger partial charge on any atom is 0.207 e. The third kappa shape index (κ3) is 1.97. The third-order valence-electron chi connectivity index (χ3n) is 1.82. The number of hydrogen-bond acceptors (Lipinski definition) is 3. The van der Waals surface area contributed by atoms with Crippen LogP contribution in [0.2, 0.25) is 4.47 Å². The molecule has 0 saturated heterocycles. The third-order valence-corrected chi connectivity index (χ3v) is 3.74. The predicted octanol–water partition coefficient (Wildman–Crippen LogP) is 3.93. The van der Waals surface area contributed by atoms with Crippen molar-refractivity contribution in [1.29, 1.82) is 0 Å². The highest BCUT2D eigenvalue weighted by molar-refractivity contribution is 9.10. The van der Waals surface area contributed by atoms with E-state index in [9.17, 15) is 0 Å². The van der Waals surface area contributed by atoms with Crippen LogP contribution < -0.4 is 0 Å². The van der Waals surface area contributed by atoms with Crippen LogP contribution in [-0.4, -0.2) is 10.2 Å². The van der Waals surface area contributed by atoms with Crippen molar-refractivity contribution in [2.45, 2.75) is 6.92 Å². The fourth-order valence-electron chi connectivity index (χ4n) is 1.05. The number of aryl methyl sites for hydroxylation is 1. The highest BCUT2D eigenvalue weighted by atomic mass is 79.9. The summed E-state index contributed by atoms with van der Waals surface area (Å²) in [7, 11) is 0. The SMILES string of the molecule is Cc1ccc(-c2nnc(Cl)s2)cc1Br. The Morgan fingerprint density at radius 3 is 2.71 bits per heavy atom. The lowest BCUT2D eigenvalue weighted by atomic mass is 10.2. The molecule has 0 amide bonds. The summed E-state index contributed by atoms with van der Waals surface area (Å²) in [5.74, 6) is 0. The van der Waals surface area contributed by atoms with Crippen LogP contribution in [0.5, 0.6) is 0 Å². The molecular formula is C9H6BrClN2S. The molecule has 1 aromatic carbocycles. The number of aromatic nitrogens is 2. The molecule has 1 aromatic heterocycles. The summed E-state index contributed by atoms with van der Waals surface area (Å²) < 4.78 is 1.54. The van der Waals surface area contributed by atoms with Crippen molar-refractivity contribution in [3.8, 4) is 10.6 Å². The average molecular weight is 290 g/mol. The van der Waals surface area contributed by atoms with E-state index in [2.05, 4.69) is 26.1 Å². The number of hydrogen-bond donors (Lipinski definition) is 0. The molecule has 0 bridgehead atoms. The molecule has 0 radical (unpaired) electrons. The lowest BCUT2D eigenvalue weighted by Gasteiger charge is -1.99. The average Bonchev–Trinajstić information content (AvgIpc) is 2.57. The van der Waals surface area contributed by atoms with Crippen molar-refractivity contribution in [3.05, 3.63) is 32.7 Å². The van der Waals surface area contributed by atoms with Gasteiger partial charge in [0.15, 0.2) is 0 Å². The lowest BCUT2D eigenvalue weighted by molar-refractivity contribution is 1.09. The monoisotopic (exact) mass is 288 g/mol. The first-order valence-electron chi connectivity index (χ1n) is 3.92. The molecule has 0 N–H and O–H groups in total. The Bertz CT molecular complexity index is 470. The minimum Gasteiger partial charge on any atom is -0.137 e. The van der Waals surface area contributed by atoms with Gasteiger partial charge < -0.3 is 0 Å². The summed E-state index contributed by atoms with van der Waals surface area (Å²) in [4.78, 5) is 0. The van der Waals surface area contributed by atoms with Gasteiger partial charge in [0.05, 0.1) is 0 Å². The van der Waals surface area contributed by atoms with Crippen LogP contribution in [0.15, 0.2) is 22.7 Å². The van der Waals surface area contributed by atoms with Gasteiger partial charge in [-0.2, -0.15) is 0 Å². The second-order valence-electron chi connectivity index (χ2n) is 2.82. The Morgan fingerprint density at radius 2 is 2.14 bits per heavy atom. The molecule has 0 aliphatic heterocycles. The highest BCUT2D eigenvalue weighted by Crippen LogP contribution is 2.29. The standard InChI is InChI=1S/C9H6BrClN2S/c1-5-2-3-6(4-7(5)10)8-12-13-9(11)14-8/h2-4H,1H3. The highest BCUT2D eigenvalue weighted by Gasteiger charge is 2.05. The van der Waals surface area contributed by atoms with Gasteiger partial charge in [0.1, 0.15) is 5.01 Å². The van der Waals surface area contributed by atoms with Gasteiger partial charge in [0, 0.05) is 10.0 Å². The predicted molar refractivity (Wildman–Crippen MR) is 62.8 cm³/mol. The maximum atomic E-state index is 5.71. The Labute approximate surface area is 99.1 Å². The van der Waals surface area contributed by atoms with Crippen LogP contribution in [0.25, 0.3) is 10.6 Å². The molecule has 2 rings (SSSR count). The summed E-state index contributed by atoms with van der Waals surface area (Å²) in [5.41, 5.74) is 2.23. The van der Waals surface area contributed by atoms with Gasteiger partial charge in [-0.15, -0.1) is 10.2 Å². The lowest BCUT2D eigenvalue weighted by Crippen LogP contribution is -1.79. The quantitative estimate of drug-likeness (QED) is 0.795. The van der Waals surface area contributed by atoms with Gasteiger partial charge >= 0.3 is 0 Å². The van der Waals surface area contributed by atoms with Crippen LogP contribution in [0.4, 0.5) is 0 Å². The topological polar surface area (TPSA) is 25.8 Å². The molecule has 0 spiro atoms. The molecule has 72 valence electrons. The molecule has 0 fully saturated rings. The molecule has 2 aromatic rings. The Kier molecular flexibility index (Phi) is 2.85. The van der Waals surface area contributed by atoms with E-state index in [0.29, 0.717) is 4.47 Å². The van der Waals surface area contributed by atoms with Crippen molar-refractivity contribution in [1.82, 2.24) is 10.2 Å². The Balaban J connectivity index is 2.47. The maximum absolute atomic E-state index is 5.71. The van der Waals surface area contributed by atoms with E-state index in [-0.39, 0.29) is 0 Å². The van der Waals surface area contributed by atoms with Gasteiger partial charge in [-0.25, -0.2) is 0 Å². The van der Waals surface area contributed by atoms with Gasteiger partial charge in [-0.1, -0.05) is 39.4 Å². The van der Waals surface area contributed by atoms with Gasteiger partial charge in [0.2, 0.25) is 4.47 Å².